The largest absolute Gasteiger partial charge is 0.488 e. The van der Waals surface area contributed by atoms with Gasteiger partial charge in [0.1, 0.15) is 18.2 Å². The lowest BCUT2D eigenvalue weighted by Crippen LogP contribution is -2.35. The zero-order valence-corrected chi connectivity index (χ0v) is 17.4. The van der Waals surface area contributed by atoms with Crippen LogP contribution in [0.25, 0.3) is 0 Å². The lowest BCUT2D eigenvalue weighted by atomic mass is 10.1. The maximum atomic E-state index is 13.5. The summed E-state index contributed by atoms with van der Waals surface area (Å²) in [6.07, 6.45) is 0. The van der Waals surface area contributed by atoms with E-state index in [1.807, 2.05) is 36.4 Å². The normalized spacial score (nSPS) is 10.6. The van der Waals surface area contributed by atoms with Gasteiger partial charge in [-0.05, 0) is 51.3 Å². The standard InChI is InChI=1S/C23H22BrFN2O2/c24-20-14-18(10-11-21(20)25)15-27(13-12-26)23(28)19-8-4-5-9-22(19)29-16-17-6-2-1-3-7-17/h1-11,14H,12-13,15-16,26H2. The van der Waals surface area contributed by atoms with Crippen LogP contribution in [-0.2, 0) is 13.2 Å². The number of ether oxygens (including phenoxy) is 1. The molecular formula is C23H22BrFN2O2. The van der Waals surface area contributed by atoms with Crippen molar-refractivity contribution in [1.29, 1.82) is 0 Å². The van der Waals surface area contributed by atoms with E-state index in [1.165, 1.54) is 6.07 Å². The van der Waals surface area contributed by atoms with Crippen LogP contribution in [0.1, 0.15) is 21.5 Å². The van der Waals surface area contributed by atoms with Crippen molar-refractivity contribution in [2.24, 2.45) is 5.73 Å². The van der Waals surface area contributed by atoms with E-state index in [9.17, 15) is 9.18 Å². The molecular weight excluding hydrogens is 435 g/mol. The molecule has 0 unspecified atom stereocenters. The second-order valence-corrected chi connectivity index (χ2v) is 7.39. The first-order valence-electron chi connectivity index (χ1n) is 9.27. The van der Waals surface area contributed by atoms with Gasteiger partial charge in [-0.1, -0.05) is 48.5 Å². The van der Waals surface area contributed by atoms with E-state index in [1.54, 1.807) is 35.2 Å². The number of amides is 1. The van der Waals surface area contributed by atoms with Gasteiger partial charge in [-0.25, -0.2) is 4.39 Å². The summed E-state index contributed by atoms with van der Waals surface area (Å²) >= 11 is 3.19. The van der Waals surface area contributed by atoms with Crippen LogP contribution in [0.2, 0.25) is 0 Å². The number of benzene rings is 3. The minimum Gasteiger partial charge on any atom is -0.488 e. The van der Waals surface area contributed by atoms with E-state index < -0.39 is 0 Å². The van der Waals surface area contributed by atoms with Gasteiger partial charge in [0.2, 0.25) is 0 Å². The predicted molar refractivity (Wildman–Crippen MR) is 115 cm³/mol. The van der Waals surface area contributed by atoms with E-state index in [-0.39, 0.29) is 11.7 Å². The Bertz CT molecular complexity index is 966. The van der Waals surface area contributed by atoms with E-state index in [0.29, 0.717) is 42.0 Å². The highest BCUT2D eigenvalue weighted by atomic mass is 79.9. The summed E-state index contributed by atoms with van der Waals surface area (Å²) in [5.41, 5.74) is 8.03. The van der Waals surface area contributed by atoms with Gasteiger partial charge in [0.15, 0.2) is 0 Å². The van der Waals surface area contributed by atoms with E-state index in [2.05, 4.69) is 15.9 Å². The number of hydrogen-bond donors (Lipinski definition) is 1. The van der Waals surface area contributed by atoms with E-state index >= 15 is 0 Å². The monoisotopic (exact) mass is 456 g/mol. The van der Waals surface area contributed by atoms with Gasteiger partial charge in [-0.2, -0.15) is 0 Å². The average Bonchev–Trinajstić information content (AvgIpc) is 2.75. The van der Waals surface area contributed by atoms with E-state index in [4.69, 9.17) is 10.5 Å². The minimum atomic E-state index is -0.342. The molecule has 0 aromatic heterocycles. The average molecular weight is 457 g/mol. The molecule has 1 amide bonds. The Hall–Kier alpha value is -2.70. The smallest absolute Gasteiger partial charge is 0.257 e. The predicted octanol–water partition coefficient (Wildman–Crippen LogP) is 4.77. The Morgan fingerprint density at radius 3 is 2.45 bits per heavy atom. The van der Waals surface area contributed by atoms with Gasteiger partial charge >= 0.3 is 0 Å². The minimum absolute atomic E-state index is 0.181. The van der Waals surface area contributed by atoms with Crippen LogP contribution in [0, 0.1) is 5.82 Å². The van der Waals surface area contributed by atoms with Crippen LogP contribution >= 0.6 is 15.9 Å². The number of carbonyl (C=O) groups excluding carboxylic acids is 1. The molecule has 29 heavy (non-hydrogen) atoms. The van der Waals surface area contributed by atoms with Crippen molar-refractivity contribution in [2.45, 2.75) is 13.2 Å². The molecule has 0 bridgehead atoms. The van der Waals surface area contributed by atoms with Gasteiger partial charge in [-0.3, -0.25) is 4.79 Å². The number of nitrogens with zero attached hydrogens (tertiary/aromatic N) is 1. The molecule has 0 saturated heterocycles. The van der Waals surface area contributed by atoms with Crippen molar-refractivity contribution < 1.29 is 13.9 Å². The summed E-state index contributed by atoms with van der Waals surface area (Å²) in [5.74, 6) is -0.00618. The maximum absolute atomic E-state index is 13.5. The molecule has 0 aliphatic rings. The van der Waals surface area contributed by atoms with Crippen LogP contribution in [0.5, 0.6) is 5.75 Å². The van der Waals surface area contributed by atoms with Crippen molar-refractivity contribution in [3.05, 3.63) is 99.8 Å². The van der Waals surface area contributed by atoms with Gasteiger partial charge in [-0.15, -0.1) is 0 Å². The summed E-state index contributed by atoms with van der Waals surface area (Å²) in [4.78, 5) is 14.9. The third kappa shape index (κ3) is 5.65. The molecule has 0 atom stereocenters. The van der Waals surface area contributed by atoms with Gasteiger partial charge in [0, 0.05) is 19.6 Å². The van der Waals surface area contributed by atoms with Crippen molar-refractivity contribution in [2.75, 3.05) is 13.1 Å². The third-order valence-electron chi connectivity index (χ3n) is 4.40. The highest BCUT2D eigenvalue weighted by Gasteiger charge is 2.20. The summed E-state index contributed by atoms with van der Waals surface area (Å²) < 4.78 is 19.8. The van der Waals surface area contributed by atoms with Crippen molar-refractivity contribution in [3.63, 3.8) is 0 Å². The zero-order chi connectivity index (χ0) is 20.6. The van der Waals surface area contributed by atoms with E-state index in [0.717, 1.165) is 11.1 Å². The molecule has 0 radical (unpaired) electrons. The molecule has 0 fully saturated rings. The Labute approximate surface area is 178 Å². The molecule has 3 aromatic carbocycles. The summed E-state index contributed by atoms with van der Waals surface area (Å²) in [6.45, 7) is 1.39. The number of para-hydroxylation sites is 1. The Morgan fingerprint density at radius 2 is 1.72 bits per heavy atom. The molecule has 3 rings (SSSR count). The summed E-state index contributed by atoms with van der Waals surface area (Å²) in [5, 5.41) is 0. The molecule has 4 nitrogen and oxygen atoms in total. The van der Waals surface area contributed by atoms with Crippen molar-refractivity contribution >= 4 is 21.8 Å². The highest BCUT2D eigenvalue weighted by Crippen LogP contribution is 2.23. The molecule has 2 N–H and O–H groups in total. The second kappa shape index (κ2) is 10.2. The number of halogens is 2. The molecule has 0 spiro atoms. The molecule has 6 heteroatoms. The number of nitrogens with two attached hydrogens (primary N) is 1. The molecule has 3 aromatic rings. The second-order valence-electron chi connectivity index (χ2n) is 6.53. The van der Waals surface area contributed by atoms with Crippen LogP contribution in [-0.4, -0.2) is 23.9 Å². The van der Waals surface area contributed by atoms with Gasteiger partial charge < -0.3 is 15.4 Å². The quantitative estimate of drug-likeness (QED) is 0.531. The summed E-state index contributed by atoms with van der Waals surface area (Å²) in [6, 6.07) is 21.6. The Kier molecular flexibility index (Phi) is 7.38. The molecule has 150 valence electrons. The number of rotatable bonds is 8. The Morgan fingerprint density at radius 1 is 1.00 bits per heavy atom. The molecule has 0 aliphatic heterocycles. The van der Waals surface area contributed by atoms with Crippen molar-refractivity contribution in [1.82, 2.24) is 4.90 Å². The summed E-state index contributed by atoms with van der Waals surface area (Å²) in [7, 11) is 0. The maximum Gasteiger partial charge on any atom is 0.257 e. The lowest BCUT2D eigenvalue weighted by Gasteiger charge is -2.23. The first kappa shape index (κ1) is 21.0. The van der Waals surface area contributed by atoms with Crippen LogP contribution in [0.4, 0.5) is 4.39 Å². The Balaban J connectivity index is 1.79. The van der Waals surface area contributed by atoms with Crippen molar-refractivity contribution in [3.8, 4) is 5.75 Å². The first-order chi connectivity index (χ1) is 14.1. The third-order valence-corrected chi connectivity index (χ3v) is 5.01. The zero-order valence-electron chi connectivity index (χ0n) is 15.9. The SMILES string of the molecule is NCCN(Cc1ccc(F)c(Br)c1)C(=O)c1ccccc1OCc1ccccc1. The van der Waals surface area contributed by atoms with Crippen LogP contribution in [0.3, 0.4) is 0 Å². The van der Waals surface area contributed by atoms with Crippen LogP contribution < -0.4 is 10.5 Å². The molecule has 0 heterocycles. The number of hydrogen-bond acceptors (Lipinski definition) is 3. The van der Waals surface area contributed by atoms with Gasteiger partial charge in [0.05, 0.1) is 10.0 Å². The van der Waals surface area contributed by atoms with Crippen LogP contribution in [0.15, 0.2) is 77.3 Å². The number of carbonyl (C=O) groups is 1. The van der Waals surface area contributed by atoms with Gasteiger partial charge in [0.25, 0.3) is 5.91 Å². The highest BCUT2D eigenvalue weighted by molar-refractivity contribution is 9.10. The molecule has 0 aliphatic carbocycles. The fraction of sp³-hybridized carbons (Fsp3) is 0.174. The fourth-order valence-corrected chi connectivity index (χ4v) is 3.37. The lowest BCUT2D eigenvalue weighted by molar-refractivity contribution is 0.0743. The first-order valence-corrected chi connectivity index (χ1v) is 10.1. The fourth-order valence-electron chi connectivity index (χ4n) is 2.94. The molecule has 0 saturated carbocycles. The topological polar surface area (TPSA) is 55.6 Å².